The second-order valence-corrected chi connectivity index (χ2v) is 18.6. The van der Waals surface area contributed by atoms with E-state index in [4.69, 9.17) is 0 Å². The maximum Gasteiger partial charge on any atom is 0.180 e. The number of fused-ring (bicyclic) bond motifs is 6. The van der Waals surface area contributed by atoms with Crippen LogP contribution in [0.3, 0.4) is 0 Å². The quantitative estimate of drug-likeness (QED) is 0.114. The summed E-state index contributed by atoms with van der Waals surface area (Å²) in [4.78, 5) is 0. The van der Waals surface area contributed by atoms with Gasteiger partial charge in [-0.3, -0.25) is 0 Å². The Labute approximate surface area is 333 Å². The van der Waals surface area contributed by atoms with Crippen LogP contribution in [-0.4, -0.2) is 17.2 Å². The molecule has 0 aliphatic heterocycles. The van der Waals surface area contributed by atoms with E-state index in [1.807, 2.05) is 0 Å². The third-order valence-electron chi connectivity index (χ3n) is 11.9. The molecule has 3 heteroatoms. The maximum absolute atomic E-state index is 2.84. The van der Waals surface area contributed by atoms with Gasteiger partial charge in [0, 0.05) is 32.9 Å². The molecule has 9 aromatic carbocycles. The highest BCUT2D eigenvalue weighted by Gasteiger charge is 2.43. The molecule has 0 bridgehead atoms. The van der Waals surface area contributed by atoms with Gasteiger partial charge in [0.05, 0.1) is 22.1 Å². The molecule has 0 saturated heterocycles. The summed E-state index contributed by atoms with van der Waals surface area (Å²) in [6.07, 6.45) is 0. The maximum atomic E-state index is 2.50. The van der Waals surface area contributed by atoms with Gasteiger partial charge in [0.1, 0.15) is 0 Å². The molecule has 2 aromatic heterocycles. The number of hydrogen-bond donors (Lipinski definition) is 0. The molecule has 0 fully saturated rings. The predicted octanol–water partition coefficient (Wildman–Crippen LogP) is 10.9. The Kier molecular flexibility index (Phi) is 7.87. The first kappa shape index (κ1) is 33.2. The van der Waals surface area contributed by atoms with Crippen LogP contribution < -0.4 is 20.7 Å². The van der Waals surface area contributed by atoms with Crippen LogP contribution in [-0.2, 0) is 0 Å². The van der Waals surface area contributed by atoms with Crippen LogP contribution in [0, 0.1) is 0 Å². The van der Waals surface area contributed by atoms with E-state index in [0.29, 0.717) is 0 Å². The number of hydrogen-bond acceptors (Lipinski definition) is 0. The summed E-state index contributed by atoms with van der Waals surface area (Å²) in [6.45, 7) is 0. The van der Waals surface area contributed by atoms with Crippen molar-refractivity contribution in [2.24, 2.45) is 0 Å². The van der Waals surface area contributed by atoms with Crippen LogP contribution in [0.2, 0.25) is 0 Å². The first-order valence-corrected chi connectivity index (χ1v) is 21.7. The molecular formula is C54H38N2Si. The molecule has 0 amide bonds. The van der Waals surface area contributed by atoms with E-state index in [1.165, 1.54) is 75.5 Å². The van der Waals surface area contributed by atoms with Crippen molar-refractivity contribution < 1.29 is 0 Å². The molecule has 57 heavy (non-hydrogen) atoms. The van der Waals surface area contributed by atoms with Gasteiger partial charge in [-0.15, -0.1) is 0 Å². The first-order chi connectivity index (χ1) is 28.3. The van der Waals surface area contributed by atoms with Crippen molar-refractivity contribution in [1.29, 1.82) is 0 Å². The molecule has 0 radical (unpaired) electrons. The van der Waals surface area contributed by atoms with Gasteiger partial charge in [-0.25, -0.2) is 0 Å². The van der Waals surface area contributed by atoms with Gasteiger partial charge in [0.15, 0.2) is 8.07 Å². The molecule has 11 aromatic rings. The lowest BCUT2D eigenvalue weighted by Gasteiger charge is -2.35. The zero-order valence-electron chi connectivity index (χ0n) is 31.3. The minimum Gasteiger partial charge on any atom is -0.309 e. The second kappa shape index (κ2) is 13.5. The fourth-order valence-corrected chi connectivity index (χ4v) is 14.4. The molecule has 2 nitrogen and oxygen atoms in total. The van der Waals surface area contributed by atoms with Gasteiger partial charge >= 0.3 is 0 Å². The van der Waals surface area contributed by atoms with Gasteiger partial charge in [-0.1, -0.05) is 182 Å². The summed E-state index contributed by atoms with van der Waals surface area (Å²) in [5, 5.41) is 10.6. The van der Waals surface area contributed by atoms with Gasteiger partial charge in [-0.05, 0) is 80.4 Å². The number of aromatic nitrogens is 2. The summed E-state index contributed by atoms with van der Waals surface area (Å²) in [5.74, 6) is 0. The summed E-state index contributed by atoms with van der Waals surface area (Å²) >= 11 is 0. The van der Waals surface area contributed by atoms with Crippen molar-refractivity contribution >= 4 is 72.4 Å². The van der Waals surface area contributed by atoms with E-state index in [-0.39, 0.29) is 0 Å². The average Bonchev–Trinajstić information content (AvgIpc) is 3.81. The summed E-state index contributed by atoms with van der Waals surface area (Å²) in [6, 6.07) is 85.2. The monoisotopic (exact) mass is 742 g/mol. The Balaban J connectivity index is 1.23. The Morgan fingerprint density at radius 1 is 0.281 bits per heavy atom. The topological polar surface area (TPSA) is 9.86 Å². The molecule has 0 unspecified atom stereocenters. The summed E-state index contributed by atoms with van der Waals surface area (Å²) < 4.78 is 4.93. The lowest BCUT2D eigenvalue weighted by atomic mass is 10.0. The van der Waals surface area contributed by atoms with E-state index in [9.17, 15) is 0 Å². The van der Waals surface area contributed by atoms with E-state index in [0.717, 1.165) is 11.4 Å². The number of para-hydroxylation sites is 2. The number of rotatable bonds is 7. The van der Waals surface area contributed by atoms with E-state index in [2.05, 4.69) is 240 Å². The normalized spacial score (nSPS) is 11.9. The molecule has 0 N–H and O–H groups in total. The van der Waals surface area contributed by atoms with Crippen molar-refractivity contribution in [3.05, 3.63) is 231 Å². The highest BCUT2D eigenvalue weighted by molar-refractivity contribution is 7.20. The van der Waals surface area contributed by atoms with Crippen molar-refractivity contribution in [2.75, 3.05) is 0 Å². The minimum absolute atomic E-state index is 1.14. The zero-order chi connectivity index (χ0) is 37.8. The average molecular weight is 743 g/mol. The highest BCUT2D eigenvalue weighted by atomic mass is 28.3. The smallest absolute Gasteiger partial charge is 0.180 e. The lowest BCUT2D eigenvalue weighted by Crippen LogP contribution is -2.74. The molecule has 0 aliphatic carbocycles. The van der Waals surface area contributed by atoms with E-state index in [1.54, 1.807) is 0 Å². The molecule has 2 heterocycles. The van der Waals surface area contributed by atoms with Crippen LogP contribution in [0.15, 0.2) is 231 Å². The van der Waals surface area contributed by atoms with E-state index >= 15 is 0 Å². The van der Waals surface area contributed by atoms with Crippen LogP contribution in [0.1, 0.15) is 0 Å². The standard InChI is InChI=1S/C54H38N2Si/c1-6-19-39(20-7-1)40-33-36-50-48(37-40)46-35-34-42(38-52(46)55(50)41-21-8-2-9-22-41)56-49-30-17-16-29-47(49)54-51(56)31-18-32-53(54)57(43-23-10-3-11-24-43,44-25-12-4-13-26-44)45-27-14-5-15-28-45/h1-38H. The third-order valence-corrected chi connectivity index (χ3v) is 16.7. The van der Waals surface area contributed by atoms with Crippen molar-refractivity contribution in [1.82, 2.24) is 9.13 Å². The molecule has 0 atom stereocenters. The van der Waals surface area contributed by atoms with E-state index < -0.39 is 8.07 Å². The predicted molar refractivity (Wildman–Crippen MR) is 244 cm³/mol. The van der Waals surface area contributed by atoms with Gasteiger partial charge in [0.2, 0.25) is 0 Å². The molecular weight excluding hydrogens is 705 g/mol. The summed E-state index contributed by atoms with van der Waals surface area (Å²) in [5.41, 5.74) is 9.52. The molecule has 11 rings (SSSR count). The zero-order valence-corrected chi connectivity index (χ0v) is 32.3. The fraction of sp³-hybridized carbons (Fsp3) is 0. The van der Waals surface area contributed by atoms with Gasteiger partial charge in [-0.2, -0.15) is 0 Å². The largest absolute Gasteiger partial charge is 0.309 e. The van der Waals surface area contributed by atoms with Gasteiger partial charge < -0.3 is 9.13 Å². The Bertz CT molecular complexity index is 3110. The Morgan fingerprint density at radius 3 is 1.46 bits per heavy atom. The van der Waals surface area contributed by atoms with Crippen molar-refractivity contribution in [3.63, 3.8) is 0 Å². The minimum atomic E-state index is -2.84. The number of nitrogens with zero attached hydrogens (tertiary/aromatic N) is 2. The van der Waals surface area contributed by atoms with Gasteiger partial charge in [0.25, 0.3) is 0 Å². The molecule has 0 aliphatic rings. The SMILES string of the molecule is c1ccc(-c2ccc3c(c2)c2ccc(-n4c5ccccc5c5c([Si](c6ccccc6)(c6ccccc6)c6ccccc6)cccc54)cc2n3-c2ccccc2)cc1. The second-order valence-electron chi connectivity index (χ2n) is 14.9. The summed E-state index contributed by atoms with van der Waals surface area (Å²) in [7, 11) is -2.84. The molecule has 0 spiro atoms. The first-order valence-electron chi connectivity index (χ1n) is 19.7. The lowest BCUT2D eigenvalue weighted by molar-refractivity contribution is 1.15. The van der Waals surface area contributed by atoms with Crippen LogP contribution >= 0.6 is 0 Å². The highest BCUT2D eigenvalue weighted by Crippen LogP contribution is 2.38. The fourth-order valence-electron chi connectivity index (χ4n) is 9.45. The molecule has 268 valence electrons. The Morgan fingerprint density at radius 2 is 0.807 bits per heavy atom. The van der Waals surface area contributed by atoms with Crippen LogP contribution in [0.25, 0.3) is 66.1 Å². The van der Waals surface area contributed by atoms with Crippen molar-refractivity contribution in [2.45, 2.75) is 0 Å². The number of benzene rings is 9. The third kappa shape index (κ3) is 5.17. The van der Waals surface area contributed by atoms with Crippen LogP contribution in [0.4, 0.5) is 0 Å². The van der Waals surface area contributed by atoms with Crippen LogP contribution in [0.5, 0.6) is 0 Å². The Hall–Kier alpha value is -7.20. The van der Waals surface area contributed by atoms with Crippen molar-refractivity contribution in [3.8, 4) is 22.5 Å². The molecule has 0 saturated carbocycles.